The summed E-state index contributed by atoms with van der Waals surface area (Å²) in [5.74, 6) is 1.49. The lowest BCUT2D eigenvalue weighted by Crippen LogP contribution is -2.26. The van der Waals surface area contributed by atoms with Gasteiger partial charge in [0.1, 0.15) is 10.6 Å². The Kier molecular flexibility index (Phi) is 5.62. The summed E-state index contributed by atoms with van der Waals surface area (Å²) in [7, 11) is 0. The molecule has 0 spiro atoms. The number of nitrogens with zero attached hydrogens (tertiary/aromatic N) is 2. The molecule has 1 atom stereocenters. The fraction of sp³-hybridized carbons (Fsp3) is 0.409. The number of fused-ring (bicyclic) bond motifs is 3. The van der Waals surface area contributed by atoms with Crippen molar-refractivity contribution < 1.29 is 4.79 Å². The molecule has 152 valence electrons. The SMILES string of the molecule is CC(C)(C)[C@@H]1CCc2c(sc3nc(SCC(=O)c4ccc(Cl)cc4)nc(N)c23)C1. The molecule has 0 saturated carbocycles. The van der Waals surface area contributed by atoms with Crippen LogP contribution in [-0.2, 0) is 12.8 Å². The molecule has 0 radical (unpaired) electrons. The monoisotopic (exact) mass is 445 g/mol. The zero-order valence-corrected chi connectivity index (χ0v) is 19.2. The third-order valence-electron chi connectivity index (χ3n) is 5.64. The number of nitrogens with two attached hydrogens (primary N) is 1. The van der Waals surface area contributed by atoms with E-state index in [0.29, 0.717) is 32.9 Å². The van der Waals surface area contributed by atoms with Gasteiger partial charge >= 0.3 is 0 Å². The number of ketones is 1. The first-order valence-electron chi connectivity index (χ1n) is 9.71. The van der Waals surface area contributed by atoms with Gasteiger partial charge in [0.05, 0.1) is 11.1 Å². The van der Waals surface area contributed by atoms with E-state index in [2.05, 4.69) is 25.8 Å². The molecule has 1 aliphatic carbocycles. The summed E-state index contributed by atoms with van der Waals surface area (Å²) >= 11 is 8.96. The molecule has 29 heavy (non-hydrogen) atoms. The van der Waals surface area contributed by atoms with E-state index in [4.69, 9.17) is 22.3 Å². The number of benzene rings is 1. The van der Waals surface area contributed by atoms with E-state index in [1.54, 1.807) is 35.6 Å². The third-order valence-corrected chi connectivity index (χ3v) is 7.89. The van der Waals surface area contributed by atoms with Gasteiger partial charge in [-0.2, -0.15) is 0 Å². The van der Waals surface area contributed by atoms with Gasteiger partial charge in [-0.05, 0) is 60.4 Å². The Bertz CT molecular complexity index is 1070. The lowest BCUT2D eigenvalue weighted by Gasteiger charge is -2.33. The lowest BCUT2D eigenvalue weighted by atomic mass is 9.72. The van der Waals surface area contributed by atoms with E-state index in [1.165, 1.54) is 28.6 Å². The van der Waals surface area contributed by atoms with Crippen LogP contribution in [0.25, 0.3) is 10.2 Å². The van der Waals surface area contributed by atoms with Crippen LogP contribution < -0.4 is 5.73 Å². The number of aryl methyl sites for hydroxylation is 1. The maximum absolute atomic E-state index is 12.4. The van der Waals surface area contributed by atoms with E-state index in [9.17, 15) is 4.79 Å². The van der Waals surface area contributed by atoms with Crippen LogP contribution in [0, 0.1) is 11.3 Å². The molecule has 2 aromatic heterocycles. The Morgan fingerprint density at radius 1 is 1.28 bits per heavy atom. The molecule has 0 saturated heterocycles. The second-order valence-electron chi connectivity index (χ2n) is 8.60. The van der Waals surface area contributed by atoms with Crippen molar-refractivity contribution in [2.75, 3.05) is 11.5 Å². The highest BCUT2D eigenvalue weighted by atomic mass is 35.5. The fourth-order valence-corrected chi connectivity index (χ4v) is 6.07. The quantitative estimate of drug-likeness (QED) is 0.300. The van der Waals surface area contributed by atoms with Crippen LogP contribution in [0.1, 0.15) is 48.0 Å². The number of nitrogen functional groups attached to an aromatic ring is 1. The largest absolute Gasteiger partial charge is 0.383 e. The van der Waals surface area contributed by atoms with Gasteiger partial charge in [0, 0.05) is 15.5 Å². The molecule has 0 amide bonds. The van der Waals surface area contributed by atoms with Crippen LogP contribution >= 0.6 is 34.7 Å². The summed E-state index contributed by atoms with van der Waals surface area (Å²) < 4.78 is 0. The molecule has 0 unspecified atom stereocenters. The smallest absolute Gasteiger partial charge is 0.191 e. The van der Waals surface area contributed by atoms with Crippen molar-refractivity contribution in [3.63, 3.8) is 0 Å². The average Bonchev–Trinajstić information content (AvgIpc) is 3.04. The van der Waals surface area contributed by atoms with Gasteiger partial charge in [0.15, 0.2) is 10.9 Å². The number of halogens is 1. The second-order valence-corrected chi connectivity index (χ2v) is 11.1. The lowest BCUT2D eigenvalue weighted by molar-refractivity contribution is 0.102. The first-order chi connectivity index (χ1) is 13.7. The number of thiophene rings is 1. The van der Waals surface area contributed by atoms with Crippen LogP contribution in [0.3, 0.4) is 0 Å². The molecule has 0 aliphatic heterocycles. The number of carbonyl (C=O) groups is 1. The van der Waals surface area contributed by atoms with Crippen LogP contribution in [0.15, 0.2) is 29.4 Å². The minimum absolute atomic E-state index is 0.0208. The van der Waals surface area contributed by atoms with Crippen molar-refractivity contribution in [2.45, 2.75) is 45.2 Å². The molecular weight excluding hydrogens is 422 g/mol. The summed E-state index contributed by atoms with van der Waals surface area (Å²) in [5, 5.41) is 2.19. The topological polar surface area (TPSA) is 68.9 Å². The predicted octanol–water partition coefficient (Wildman–Crippen LogP) is 6.05. The van der Waals surface area contributed by atoms with Gasteiger partial charge in [-0.25, -0.2) is 9.97 Å². The van der Waals surface area contributed by atoms with Gasteiger partial charge in [-0.3, -0.25) is 4.79 Å². The van der Waals surface area contributed by atoms with Crippen LogP contribution in [0.5, 0.6) is 0 Å². The van der Waals surface area contributed by atoms with E-state index in [0.717, 1.165) is 23.1 Å². The van der Waals surface area contributed by atoms with Crippen molar-refractivity contribution >= 4 is 56.5 Å². The normalized spacial score (nSPS) is 16.8. The molecule has 4 rings (SSSR count). The zero-order chi connectivity index (χ0) is 20.8. The van der Waals surface area contributed by atoms with Crippen LogP contribution in [0.4, 0.5) is 5.82 Å². The van der Waals surface area contributed by atoms with Crippen molar-refractivity contribution in [3.05, 3.63) is 45.3 Å². The van der Waals surface area contributed by atoms with Gasteiger partial charge < -0.3 is 5.73 Å². The van der Waals surface area contributed by atoms with E-state index >= 15 is 0 Å². The summed E-state index contributed by atoms with van der Waals surface area (Å²) in [5.41, 5.74) is 8.59. The molecule has 0 bridgehead atoms. The Hall–Kier alpha value is -1.63. The van der Waals surface area contributed by atoms with Crippen molar-refractivity contribution in [1.82, 2.24) is 9.97 Å². The highest BCUT2D eigenvalue weighted by Crippen LogP contribution is 2.44. The molecule has 2 heterocycles. The number of hydrogen-bond acceptors (Lipinski definition) is 6. The minimum Gasteiger partial charge on any atom is -0.383 e. The number of aromatic nitrogens is 2. The number of anilines is 1. The van der Waals surface area contributed by atoms with E-state index < -0.39 is 0 Å². The summed E-state index contributed by atoms with van der Waals surface area (Å²) in [6, 6.07) is 6.92. The Balaban J connectivity index is 1.55. The average molecular weight is 446 g/mol. The van der Waals surface area contributed by atoms with Crippen LogP contribution in [0.2, 0.25) is 5.02 Å². The first-order valence-corrected chi connectivity index (χ1v) is 11.9. The fourth-order valence-electron chi connectivity index (χ4n) is 3.84. The third kappa shape index (κ3) is 4.30. The Labute approximate surface area is 184 Å². The maximum atomic E-state index is 12.4. The van der Waals surface area contributed by atoms with Crippen molar-refractivity contribution in [1.29, 1.82) is 0 Å². The molecule has 2 N–H and O–H groups in total. The van der Waals surface area contributed by atoms with Crippen molar-refractivity contribution in [3.8, 4) is 0 Å². The Morgan fingerprint density at radius 2 is 2.00 bits per heavy atom. The number of carbonyl (C=O) groups excluding carboxylic acids is 1. The molecular formula is C22H24ClN3OS2. The summed E-state index contributed by atoms with van der Waals surface area (Å²) in [4.78, 5) is 24.0. The first kappa shape index (κ1) is 20.6. The summed E-state index contributed by atoms with van der Waals surface area (Å²) in [6.45, 7) is 6.95. The zero-order valence-electron chi connectivity index (χ0n) is 16.8. The molecule has 1 aromatic carbocycles. The van der Waals surface area contributed by atoms with Gasteiger partial charge in [0.25, 0.3) is 0 Å². The van der Waals surface area contributed by atoms with Crippen molar-refractivity contribution in [2.24, 2.45) is 11.3 Å². The van der Waals surface area contributed by atoms with Gasteiger partial charge in [0.2, 0.25) is 0 Å². The number of Topliss-reactive ketones (excluding diaryl/α,β-unsaturated/α-hetero) is 1. The molecule has 3 aromatic rings. The molecule has 0 fully saturated rings. The van der Waals surface area contributed by atoms with Gasteiger partial charge in [-0.15, -0.1) is 11.3 Å². The van der Waals surface area contributed by atoms with E-state index in [1.807, 2.05) is 0 Å². The Morgan fingerprint density at radius 3 is 2.69 bits per heavy atom. The van der Waals surface area contributed by atoms with Crippen LogP contribution in [-0.4, -0.2) is 21.5 Å². The highest BCUT2D eigenvalue weighted by Gasteiger charge is 2.31. The maximum Gasteiger partial charge on any atom is 0.191 e. The highest BCUT2D eigenvalue weighted by molar-refractivity contribution is 7.99. The minimum atomic E-state index is 0.0208. The molecule has 7 heteroatoms. The number of thioether (sulfide) groups is 1. The summed E-state index contributed by atoms with van der Waals surface area (Å²) in [6.07, 6.45) is 3.29. The predicted molar refractivity (Wildman–Crippen MR) is 123 cm³/mol. The molecule has 1 aliphatic rings. The van der Waals surface area contributed by atoms with E-state index in [-0.39, 0.29) is 11.5 Å². The number of rotatable bonds is 4. The molecule has 4 nitrogen and oxygen atoms in total. The standard InChI is InChI=1S/C22H24ClN3OS2/c1-22(2,3)13-6-9-15-17(10-13)29-20-18(15)19(24)25-21(26-20)28-11-16(27)12-4-7-14(23)8-5-12/h4-5,7-8,13H,6,9-11H2,1-3H3,(H2,24,25,26)/t13-/m1/s1. The van der Waals surface area contributed by atoms with Gasteiger partial charge in [-0.1, -0.05) is 44.1 Å². The number of hydrogen-bond donors (Lipinski definition) is 1. The second kappa shape index (κ2) is 7.89.